The van der Waals surface area contributed by atoms with Gasteiger partial charge in [0.25, 0.3) is 5.91 Å². The van der Waals surface area contributed by atoms with Crippen molar-refractivity contribution in [2.24, 2.45) is 5.73 Å². The van der Waals surface area contributed by atoms with E-state index in [-0.39, 0.29) is 22.8 Å². The highest BCUT2D eigenvalue weighted by Crippen LogP contribution is 2.36. The minimum Gasteiger partial charge on any atom is -0.487 e. The first-order valence-corrected chi connectivity index (χ1v) is 9.15. The first-order chi connectivity index (χ1) is 13.8. The van der Waals surface area contributed by atoms with Gasteiger partial charge < -0.3 is 10.5 Å². The Bertz CT molecular complexity index is 1200. The van der Waals surface area contributed by atoms with E-state index >= 15 is 0 Å². The molecule has 0 saturated carbocycles. The fourth-order valence-electron chi connectivity index (χ4n) is 2.88. The lowest BCUT2D eigenvalue weighted by Crippen LogP contribution is -2.13. The highest BCUT2D eigenvalue weighted by Gasteiger charge is 2.33. The molecule has 0 aliphatic rings. The number of carbonyl (C=O) groups excluding carboxylic acids is 1. The van der Waals surface area contributed by atoms with Crippen molar-refractivity contribution in [1.29, 1.82) is 0 Å². The van der Waals surface area contributed by atoms with E-state index in [2.05, 4.69) is 9.97 Å². The number of aromatic nitrogens is 3. The molecule has 0 spiro atoms. The van der Waals surface area contributed by atoms with E-state index in [0.29, 0.717) is 10.5 Å². The summed E-state index contributed by atoms with van der Waals surface area (Å²) >= 11 is 1.07. The topological polar surface area (TPSA) is 83.0 Å². The molecule has 29 heavy (non-hydrogen) atoms. The van der Waals surface area contributed by atoms with Gasteiger partial charge in [0.1, 0.15) is 34.1 Å². The summed E-state index contributed by atoms with van der Waals surface area (Å²) in [6, 6.07) is 8.43. The van der Waals surface area contributed by atoms with E-state index < -0.39 is 17.6 Å². The van der Waals surface area contributed by atoms with Gasteiger partial charge in [0, 0.05) is 17.8 Å². The smallest absolute Gasteiger partial charge is 0.416 e. The maximum Gasteiger partial charge on any atom is 0.416 e. The van der Waals surface area contributed by atoms with Crippen LogP contribution in [-0.4, -0.2) is 20.4 Å². The quantitative estimate of drug-likeness (QED) is 0.527. The van der Waals surface area contributed by atoms with Crippen LogP contribution in [0.4, 0.5) is 13.2 Å². The monoisotopic (exact) mass is 418 g/mol. The maximum atomic E-state index is 13.2. The third-order valence-corrected chi connectivity index (χ3v) is 5.33. The summed E-state index contributed by atoms with van der Waals surface area (Å²) in [4.78, 5) is 20.2. The summed E-state index contributed by atoms with van der Waals surface area (Å²) < 4.78 is 46.8. The fraction of sp³-hybridized carbons (Fsp3) is 0.105. The molecule has 1 aromatic carbocycles. The molecule has 0 fully saturated rings. The summed E-state index contributed by atoms with van der Waals surface area (Å²) in [7, 11) is 0. The van der Waals surface area contributed by atoms with Gasteiger partial charge in [-0.2, -0.15) is 13.2 Å². The van der Waals surface area contributed by atoms with Gasteiger partial charge in [-0.15, -0.1) is 11.3 Å². The molecule has 148 valence electrons. The average molecular weight is 418 g/mol. The normalized spacial score (nSPS) is 11.7. The minimum atomic E-state index is -4.50. The first-order valence-electron chi connectivity index (χ1n) is 8.33. The van der Waals surface area contributed by atoms with Crippen molar-refractivity contribution in [1.82, 2.24) is 14.5 Å². The SMILES string of the molecule is NC(=O)c1sc(-n2cnc3cnccc32)cc1OCc1ccccc1C(F)(F)F. The van der Waals surface area contributed by atoms with Crippen molar-refractivity contribution in [2.45, 2.75) is 12.8 Å². The molecule has 0 aliphatic heterocycles. The van der Waals surface area contributed by atoms with Crippen LogP contribution in [0.5, 0.6) is 5.75 Å². The third kappa shape index (κ3) is 3.66. The van der Waals surface area contributed by atoms with E-state index in [4.69, 9.17) is 10.5 Å². The predicted octanol–water partition coefficient (Wildman–Crippen LogP) is 4.18. The van der Waals surface area contributed by atoms with Crippen LogP contribution >= 0.6 is 11.3 Å². The Kier molecular flexibility index (Phi) is 4.71. The number of nitrogens with zero attached hydrogens (tertiary/aromatic N) is 3. The molecule has 3 heterocycles. The number of rotatable bonds is 5. The largest absolute Gasteiger partial charge is 0.487 e. The number of alkyl halides is 3. The molecular formula is C19H13F3N4O2S. The van der Waals surface area contributed by atoms with Crippen LogP contribution in [0, 0.1) is 0 Å². The Morgan fingerprint density at radius 3 is 2.79 bits per heavy atom. The van der Waals surface area contributed by atoms with Crippen LogP contribution in [0.25, 0.3) is 16.0 Å². The number of imidazole rings is 1. The molecule has 2 N–H and O–H groups in total. The summed E-state index contributed by atoms with van der Waals surface area (Å²) in [6.45, 7) is -0.360. The van der Waals surface area contributed by atoms with Crippen molar-refractivity contribution >= 4 is 28.3 Å². The van der Waals surface area contributed by atoms with Crippen LogP contribution in [0.3, 0.4) is 0 Å². The molecule has 0 unspecified atom stereocenters. The lowest BCUT2D eigenvalue weighted by atomic mass is 10.1. The summed E-state index contributed by atoms with van der Waals surface area (Å²) in [5, 5.41) is 0.589. The number of pyridine rings is 1. The van der Waals surface area contributed by atoms with Gasteiger partial charge in [-0.1, -0.05) is 18.2 Å². The van der Waals surface area contributed by atoms with Crippen molar-refractivity contribution in [3.63, 3.8) is 0 Å². The Labute approximate surface area is 166 Å². The Balaban J connectivity index is 1.68. The van der Waals surface area contributed by atoms with Crippen LogP contribution in [0.1, 0.15) is 20.8 Å². The molecule has 0 aliphatic carbocycles. The lowest BCUT2D eigenvalue weighted by Gasteiger charge is -2.13. The van der Waals surface area contributed by atoms with Crippen LogP contribution in [0.15, 0.2) is 55.1 Å². The Morgan fingerprint density at radius 1 is 1.24 bits per heavy atom. The highest BCUT2D eigenvalue weighted by molar-refractivity contribution is 7.16. The zero-order chi connectivity index (χ0) is 20.6. The summed E-state index contributed by atoms with van der Waals surface area (Å²) in [5.41, 5.74) is 6.02. The number of halogens is 3. The molecule has 0 atom stereocenters. The maximum absolute atomic E-state index is 13.2. The van der Waals surface area contributed by atoms with E-state index in [1.165, 1.54) is 18.2 Å². The molecule has 4 aromatic rings. The molecule has 0 radical (unpaired) electrons. The average Bonchev–Trinajstić information content (AvgIpc) is 3.30. The van der Waals surface area contributed by atoms with E-state index in [1.807, 2.05) is 0 Å². The molecule has 3 aromatic heterocycles. The number of carbonyl (C=O) groups is 1. The highest BCUT2D eigenvalue weighted by atomic mass is 32.1. The number of hydrogen-bond donors (Lipinski definition) is 1. The minimum absolute atomic E-state index is 0.0395. The number of ether oxygens (including phenoxy) is 1. The number of nitrogens with two attached hydrogens (primary N) is 1. The van der Waals surface area contributed by atoms with Crippen molar-refractivity contribution < 1.29 is 22.7 Å². The summed E-state index contributed by atoms with van der Waals surface area (Å²) in [5.74, 6) is -0.614. The van der Waals surface area contributed by atoms with Crippen LogP contribution in [0.2, 0.25) is 0 Å². The third-order valence-electron chi connectivity index (χ3n) is 4.20. The zero-order valence-electron chi connectivity index (χ0n) is 14.7. The summed E-state index contributed by atoms with van der Waals surface area (Å²) in [6.07, 6.45) is 0.260. The van der Waals surface area contributed by atoms with Crippen molar-refractivity contribution in [3.05, 3.63) is 71.1 Å². The second-order valence-corrected chi connectivity index (χ2v) is 7.10. The van der Waals surface area contributed by atoms with Crippen LogP contribution in [-0.2, 0) is 12.8 Å². The molecular weight excluding hydrogens is 405 g/mol. The van der Waals surface area contributed by atoms with Gasteiger partial charge in [-0.3, -0.25) is 14.3 Å². The lowest BCUT2D eigenvalue weighted by molar-refractivity contribution is -0.138. The fourth-order valence-corrected chi connectivity index (χ4v) is 3.82. The number of primary amides is 1. The van der Waals surface area contributed by atoms with E-state index in [0.717, 1.165) is 22.9 Å². The number of fused-ring (bicyclic) bond motifs is 1. The van der Waals surface area contributed by atoms with Crippen molar-refractivity contribution in [3.8, 4) is 10.8 Å². The number of benzene rings is 1. The number of hydrogen-bond acceptors (Lipinski definition) is 5. The van der Waals surface area contributed by atoms with Gasteiger partial charge >= 0.3 is 6.18 Å². The molecule has 1 amide bonds. The van der Waals surface area contributed by atoms with E-state index in [9.17, 15) is 18.0 Å². The van der Waals surface area contributed by atoms with Gasteiger partial charge in [0.05, 0.1) is 17.3 Å². The van der Waals surface area contributed by atoms with E-state index in [1.54, 1.807) is 35.4 Å². The van der Waals surface area contributed by atoms with Crippen LogP contribution < -0.4 is 10.5 Å². The molecule has 4 rings (SSSR count). The Hall–Kier alpha value is -3.40. The molecule has 0 saturated heterocycles. The zero-order valence-corrected chi connectivity index (χ0v) is 15.5. The van der Waals surface area contributed by atoms with Gasteiger partial charge in [0.15, 0.2) is 0 Å². The number of thiophene rings is 1. The van der Waals surface area contributed by atoms with Crippen molar-refractivity contribution in [2.75, 3.05) is 0 Å². The second kappa shape index (κ2) is 7.21. The van der Waals surface area contributed by atoms with Gasteiger partial charge in [-0.05, 0) is 12.1 Å². The Morgan fingerprint density at radius 2 is 2.03 bits per heavy atom. The van der Waals surface area contributed by atoms with Gasteiger partial charge in [0.2, 0.25) is 0 Å². The van der Waals surface area contributed by atoms with Gasteiger partial charge in [-0.25, -0.2) is 4.98 Å². The predicted molar refractivity (Wildman–Crippen MR) is 101 cm³/mol. The standard InChI is InChI=1S/C19H13F3N4O2S/c20-19(21,22)12-4-2-1-3-11(12)9-28-15-7-16(29-17(15)18(23)27)26-10-25-13-8-24-6-5-14(13)26/h1-8,10H,9H2,(H2,23,27). The molecule has 0 bridgehead atoms. The number of amides is 1. The first kappa shape index (κ1) is 18.9. The molecule has 10 heteroatoms. The second-order valence-electron chi connectivity index (χ2n) is 6.06. The molecule has 6 nitrogen and oxygen atoms in total.